The molecule has 2 aromatic rings. The van der Waals surface area contributed by atoms with Gasteiger partial charge in [-0.25, -0.2) is 4.98 Å². The maximum atomic E-state index is 13.0. The van der Waals surface area contributed by atoms with Crippen molar-refractivity contribution < 1.29 is 4.74 Å². The standard InChI is InChI=1S/C20H28N4O2/c1-6-18-16(4)21-20-23(17-8-7-14(2)15(3)11-17)12-22(9-10-26-5)13-24(20)19(18)25/h7-8,11H,6,9-10,12-13H2,1-5H3. The lowest BCUT2D eigenvalue weighted by molar-refractivity contribution is 0.121. The van der Waals surface area contributed by atoms with Crippen molar-refractivity contribution >= 4 is 11.6 Å². The zero-order chi connectivity index (χ0) is 18.8. The van der Waals surface area contributed by atoms with Gasteiger partial charge in [0.2, 0.25) is 5.95 Å². The molecule has 3 rings (SSSR count). The number of aromatic nitrogens is 2. The van der Waals surface area contributed by atoms with Crippen LogP contribution in [-0.4, -0.2) is 41.4 Å². The maximum Gasteiger partial charge on any atom is 0.259 e. The highest BCUT2D eigenvalue weighted by Crippen LogP contribution is 2.29. The Hall–Kier alpha value is -2.18. The molecule has 0 atom stereocenters. The van der Waals surface area contributed by atoms with E-state index >= 15 is 0 Å². The number of rotatable bonds is 5. The summed E-state index contributed by atoms with van der Waals surface area (Å²) in [5.74, 6) is 0.724. The van der Waals surface area contributed by atoms with Gasteiger partial charge in [-0.3, -0.25) is 19.2 Å². The predicted octanol–water partition coefficient (Wildman–Crippen LogP) is 2.75. The van der Waals surface area contributed by atoms with Crippen LogP contribution in [0, 0.1) is 20.8 Å². The number of anilines is 2. The van der Waals surface area contributed by atoms with Crippen molar-refractivity contribution in [3.8, 4) is 0 Å². The van der Waals surface area contributed by atoms with Crippen LogP contribution in [0.5, 0.6) is 0 Å². The first-order valence-corrected chi connectivity index (χ1v) is 9.12. The highest BCUT2D eigenvalue weighted by Gasteiger charge is 2.27. The van der Waals surface area contributed by atoms with Gasteiger partial charge in [-0.2, -0.15) is 0 Å². The minimum absolute atomic E-state index is 0.0611. The molecular formula is C20H28N4O2. The van der Waals surface area contributed by atoms with Crippen LogP contribution in [0.25, 0.3) is 0 Å². The fourth-order valence-electron chi connectivity index (χ4n) is 3.39. The van der Waals surface area contributed by atoms with E-state index in [4.69, 9.17) is 9.72 Å². The number of nitrogens with zero attached hydrogens (tertiary/aromatic N) is 4. The summed E-state index contributed by atoms with van der Waals surface area (Å²) in [6.45, 7) is 10.8. The molecular weight excluding hydrogens is 328 g/mol. The number of aryl methyl sites for hydroxylation is 3. The largest absolute Gasteiger partial charge is 0.383 e. The van der Waals surface area contributed by atoms with Crippen LogP contribution < -0.4 is 10.5 Å². The van der Waals surface area contributed by atoms with Crippen LogP contribution in [0.2, 0.25) is 0 Å². The Balaban J connectivity index is 2.12. The van der Waals surface area contributed by atoms with Crippen LogP contribution in [-0.2, 0) is 17.8 Å². The monoisotopic (exact) mass is 356 g/mol. The molecule has 1 aromatic carbocycles. The summed E-state index contributed by atoms with van der Waals surface area (Å²) >= 11 is 0. The van der Waals surface area contributed by atoms with E-state index in [0.717, 1.165) is 29.4 Å². The first-order valence-electron chi connectivity index (χ1n) is 9.12. The van der Waals surface area contributed by atoms with Crippen LogP contribution >= 0.6 is 0 Å². The van der Waals surface area contributed by atoms with Gasteiger partial charge in [-0.05, 0) is 50.5 Å². The normalized spacial score (nSPS) is 14.6. The fraction of sp³-hybridized carbons (Fsp3) is 0.500. The Morgan fingerprint density at radius 3 is 2.58 bits per heavy atom. The van der Waals surface area contributed by atoms with Crippen molar-refractivity contribution in [3.05, 3.63) is 50.9 Å². The van der Waals surface area contributed by atoms with Gasteiger partial charge in [0.05, 0.1) is 19.9 Å². The van der Waals surface area contributed by atoms with Gasteiger partial charge in [0.15, 0.2) is 0 Å². The highest BCUT2D eigenvalue weighted by atomic mass is 16.5. The molecule has 0 saturated heterocycles. The zero-order valence-electron chi connectivity index (χ0n) is 16.4. The third kappa shape index (κ3) is 3.39. The van der Waals surface area contributed by atoms with Crippen molar-refractivity contribution in [1.82, 2.24) is 14.5 Å². The van der Waals surface area contributed by atoms with E-state index in [2.05, 4.69) is 41.8 Å². The summed E-state index contributed by atoms with van der Waals surface area (Å²) < 4.78 is 7.03. The maximum absolute atomic E-state index is 13.0. The predicted molar refractivity (Wildman–Crippen MR) is 104 cm³/mol. The van der Waals surface area contributed by atoms with E-state index in [1.807, 2.05) is 13.8 Å². The van der Waals surface area contributed by atoms with E-state index in [0.29, 0.717) is 26.4 Å². The molecule has 0 aliphatic carbocycles. The molecule has 0 saturated carbocycles. The van der Waals surface area contributed by atoms with Crippen LogP contribution in [0.15, 0.2) is 23.0 Å². The molecule has 6 heteroatoms. The lowest BCUT2D eigenvalue weighted by Gasteiger charge is -2.38. The first-order chi connectivity index (χ1) is 12.5. The number of benzene rings is 1. The fourth-order valence-corrected chi connectivity index (χ4v) is 3.39. The second kappa shape index (κ2) is 7.60. The van der Waals surface area contributed by atoms with Gasteiger partial charge in [0, 0.05) is 30.6 Å². The van der Waals surface area contributed by atoms with E-state index in [9.17, 15) is 4.79 Å². The molecule has 0 bridgehead atoms. The Labute approximate surface area is 155 Å². The first kappa shape index (κ1) is 18.6. The van der Waals surface area contributed by atoms with Gasteiger partial charge < -0.3 is 4.74 Å². The molecule has 0 radical (unpaired) electrons. The SMILES string of the molecule is CCc1c(C)nc2n(c1=O)CN(CCOC)CN2c1ccc(C)c(C)c1. The molecule has 0 unspecified atom stereocenters. The zero-order valence-corrected chi connectivity index (χ0v) is 16.4. The molecule has 26 heavy (non-hydrogen) atoms. The second-order valence-corrected chi connectivity index (χ2v) is 6.93. The van der Waals surface area contributed by atoms with E-state index < -0.39 is 0 Å². The Morgan fingerprint density at radius 1 is 1.15 bits per heavy atom. The molecule has 1 aromatic heterocycles. The summed E-state index contributed by atoms with van der Waals surface area (Å²) in [5.41, 5.74) is 5.22. The average Bonchev–Trinajstić information content (AvgIpc) is 2.62. The van der Waals surface area contributed by atoms with Gasteiger partial charge in [0.25, 0.3) is 5.56 Å². The number of fused-ring (bicyclic) bond motifs is 1. The molecule has 1 aliphatic rings. The summed E-state index contributed by atoms with van der Waals surface area (Å²) in [6, 6.07) is 6.38. The molecule has 0 spiro atoms. The lowest BCUT2D eigenvalue weighted by Crippen LogP contribution is -2.48. The van der Waals surface area contributed by atoms with Crippen LogP contribution in [0.3, 0.4) is 0 Å². The number of hydrogen-bond acceptors (Lipinski definition) is 5. The molecule has 0 fully saturated rings. The van der Waals surface area contributed by atoms with Gasteiger partial charge in [-0.15, -0.1) is 0 Å². The minimum atomic E-state index is 0.0611. The lowest BCUT2D eigenvalue weighted by atomic mass is 10.1. The third-order valence-electron chi connectivity index (χ3n) is 5.14. The Kier molecular flexibility index (Phi) is 5.44. The summed E-state index contributed by atoms with van der Waals surface area (Å²) in [7, 11) is 1.70. The summed E-state index contributed by atoms with van der Waals surface area (Å²) in [4.78, 5) is 22.2. The number of methoxy groups -OCH3 is 1. The summed E-state index contributed by atoms with van der Waals surface area (Å²) in [6.07, 6.45) is 0.694. The minimum Gasteiger partial charge on any atom is -0.383 e. The van der Waals surface area contributed by atoms with Crippen molar-refractivity contribution in [1.29, 1.82) is 0 Å². The van der Waals surface area contributed by atoms with Gasteiger partial charge >= 0.3 is 0 Å². The molecule has 0 amide bonds. The molecule has 140 valence electrons. The van der Waals surface area contributed by atoms with E-state index in [1.54, 1.807) is 11.7 Å². The van der Waals surface area contributed by atoms with Gasteiger partial charge in [0.1, 0.15) is 0 Å². The molecule has 6 nitrogen and oxygen atoms in total. The topological polar surface area (TPSA) is 50.6 Å². The van der Waals surface area contributed by atoms with Crippen LogP contribution in [0.1, 0.15) is 29.3 Å². The van der Waals surface area contributed by atoms with Gasteiger partial charge in [-0.1, -0.05) is 13.0 Å². The second-order valence-electron chi connectivity index (χ2n) is 6.93. The molecule has 1 aliphatic heterocycles. The molecule has 0 N–H and O–H groups in total. The van der Waals surface area contributed by atoms with Crippen molar-refractivity contribution in [3.63, 3.8) is 0 Å². The smallest absolute Gasteiger partial charge is 0.259 e. The van der Waals surface area contributed by atoms with Crippen LogP contribution in [0.4, 0.5) is 11.6 Å². The summed E-state index contributed by atoms with van der Waals surface area (Å²) in [5, 5.41) is 0. The number of ether oxygens (including phenoxy) is 1. The average molecular weight is 356 g/mol. The third-order valence-corrected chi connectivity index (χ3v) is 5.14. The van der Waals surface area contributed by atoms with Crippen molar-refractivity contribution in [2.24, 2.45) is 0 Å². The van der Waals surface area contributed by atoms with E-state index in [-0.39, 0.29) is 5.56 Å². The Bertz CT molecular complexity index is 860. The van der Waals surface area contributed by atoms with E-state index in [1.165, 1.54) is 11.1 Å². The van der Waals surface area contributed by atoms with Crippen molar-refractivity contribution in [2.75, 3.05) is 31.8 Å². The van der Waals surface area contributed by atoms with Crippen molar-refractivity contribution in [2.45, 2.75) is 40.8 Å². The Morgan fingerprint density at radius 2 is 1.92 bits per heavy atom. The number of hydrogen-bond donors (Lipinski definition) is 0. The highest BCUT2D eigenvalue weighted by molar-refractivity contribution is 5.60. The quantitative estimate of drug-likeness (QED) is 0.824. The molecule has 2 heterocycles.